The average molecular weight is 296 g/mol. The number of nitrogens with zero attached hydrogens (tertiary/aromatic N) is 1. The number of rotatable bonds is 4. The molecule has 5 heteroatoms. The fraction of sp³-hybridized carbons (Fsp3) is 0.875. The van der Waals surface area contributed by atoms with Gasteiger partial charge in [-0.05, 0) is 50.9 Å². The molecule has 1 aliphatic heterocycles. The number of nitrogens with one attached hydrogen (secondary N) is 1. The topological polar surface area (TPSA) is 69.6 Å². The molecular formula is C16H28N2O3. The molecule has 21 heavy (non-hydrogen) atoms. The third-order valence-corrected chi connectivity index (χ3v) is 4.91. The molecule has 2 rings (SSSR count). The lowest BCUT2D eigenvalue weighted by atomic mass is 9.86. The maximum absolute atomic E-state index is 12.3. The zero-order chi connectivity index (χ0) is 15.2. The van der Waals surface area contributed by atoms with Crippen LogP contribution in [0, 0.1) is 11.8 Å². The molecule has 1 unspecified atom stereocenters. The second-order valence-corrected chi connectivity index (χ2v) is 6.58. The van der Waals surface area contributed by atoms with E-state index in [2.05, 4.69) is 12.2 Å². The zero-order valence-electron chi connectivity index (χ0n) is 13.0. The molecule has 0 aromatic heterocycles. The first-order valence-corrected chi connectivity index (χ1v) is 8.38. The lowest BCUT2D eigenvalue weighted by Crippen LogP contribution is -2.49. The minimum atomic E-state index is -0.696. The number of likely N-dealkylation sites (tertiary alicyclic amines) is 1. The fourth-order valence-electron chi connectivity index (χ4n) is 3.64. The summed E-state index contributed by atoms with van der Waals surface area (Å²) < 4.78 is 0. The normalized spacial score (nSPS) is 30.0. The van der Waals surface area contributed by atoms with Gasteiger partial charge in [0.1, 0.15) is 0 Å². The first kappa shape index (κ1) is 16.1. The Labute approximate surface area is 127 Å². The highest BCUT2D eigenvalue weighted by atomic mass is 16.4. The Kier molecular flexibility index (Phi) is 5.88. The largest absolute Gasteiger partial charge is 0.481 e. The summed E-state index contributed by atoms with van der Waals surface area (Å²) in [5.41, 5.74) is 0. The van der Waals surface area contributed by atoms with Crippen LogP contribution in [0.1, 0.15) is 58.3 Å². The molecule has 120 valence electrons. The van der Waals surface area contributed by atoms with Crippen molar-refractivity contribution in [3.8, 4) is 0 Å². The van der Waals surface area contributed by atoms with E-state index >= 15 is 0 Å². The van der Waals surface area contributed by atoms with E-state index in [1.165, 1.54) is 19.3 Å². The van der Waals surface area contributed by atoms with Crippen LogP contribution in [-0.2, 0) is 4.79 Å². The highest BCUT2D eigenvalue weighted by Gasteiger charge is 2.29. The van der Waals surface area contributed by atoms with E-state index in [1.54, 1.807) is 0 Å². The van der Waals surface area contributed by atoms with E-state index in [4.69, 9.17) is 5.11 Å². The first-order chi connectivity index (χ1) is 10.1. The Morgan fingerprint density at radius 2 is 1.90 bits per heavy atom. The summed E-state index contributed by atoms with van der Waals surface area (Å²) in [6.07, 6.45) is 7.65. The van der Waals surface area contributed by atoms with E-state index in [0.717, 1.165) is 32.4 Å². The molecular weight excluding hydrogens is 268 g/mol. The second-order valence-electron chi connectivity index (χ2n) is 6.58. The lowest BCUT2D eigenvalue weighted by molar-refractivity contribution is -0.142. The van der Waals surface area contributed by atoms with Gasteiger partial charge in [-0.15, -0.1) is 0 Å². The second kappa shape index (κ2) is 7.66. The van der Waals surface area contributed by atoms with E-state index in [9.17, 15) is 9.59 Å². The highest BCUT2D eigenvalue weighted by Crippen LogP contribution is 2.25. The molecule has 0 aromatic carbocycles. The number of carboxylic acids is 1. The van der Waals surface area contributed by atoms with Crippen molar-refractivity contribution in [2.24, 2.45) is 11.8 Å². The smallest absolute Gasteiger partial charge is 0.317 e. The number of carbonyl (C=O) groups excluding carboxylic acids is 1. The van der Waals surface area contributed by atoms with Crippen molar-refractivity contribution in [3.63, 3.8) is 0 Å². The Hall–Kier alpha value is -1.26. The molecule has 5 nitrogen and oxygen atoms in total. The SMILES string of the molecule is CCCC1CCCN(C(=O)NC2CCC(C(=O)O)CC2)C1. The number of aliphatic carboxylic acids is 1. The van der Waals surface area contributed by atoms with Gasteiger partial charge in [-0.3, -0.25) is 4.79 Å². The van der Waals surface area contributed by atoms with Gasteiger partial charge in [0.25, 0.3) is 0 Å². The highest BCUT2D eigenvalue weighted by molar-refractivity contribution is 5.75. The van der Waals surface area contributed by atoms with Gasteiger partial charge < -0.3 is 15.3 Å². The molecule has 1 aliphatic carbocycles. The summed E-state index contributed by atoms with van der Waals surface area (Å²) in [5, 5.41) is 12.1. The van der Waals surface area contributed by atoms with Crippen LogP contribution in [0.5, 0.6) is 0 Å². The van der Waals surface area contributed by atoms with Crippen molar-refractivity contribution in [2.45, 2.75) is 64.3 Å². The molecule has 1 atom stereocenters. The number of amides is 2. The molecule has 0 bridgehead atoms. The minimum absolute atomic E-state index is 0.0505. The Bertz CT molecular complexity index is 363. The Morgan fingerprint density at radius 3 is 2.52 bits per heavy atom. The van der Waals surface area contributed by atoms with E-state index in [0.29, 0.717) is 18.8 Å². The van der Waals surface area contributed by atoms with Crippen LogP contribution in [0.4, 0.5) is 4.79 Å². The summed E-state index contributed by atoms with van der Waals surface area (Å²) in [6, 6.07) is 0.203. The van der Waals surface area contributed by atoms with Crippen LogP contribution in [0.25, 0.3) is 0 Å². The van der Waals surface area contributed by atoms with Crippen molar-refractivity contribution < 1.29 is 14.7 Å². The number of urea groups is 1. The number of hydrogen-bond donors (Lipinski definition) is 2. The molecule has 0 aromatic rings. The monoisotopic (exact) mass is 296 g/mol. The molecule has 2 N–H and O–H groups in total. The van der Waals surface area contributed by atoms with Crippen LogP contribution in [0.3, 0.4) is 0 Å². The summed E-state index contributed by atoms with van der Waals surface area (Å²) >= 11 is 0. The standard InChI is InChI=1S/C16H28N2O3/c1-2-4-12-5-3-10-18(11-12)16(21)17-14-8-6-13(7-9-14)15(19)20/h12-14H,2-11H2,1H3,(H,17,21)(H,19,20). The zero-order valence-corrected chi connectivity index (χ0v) is 13.0. The Morgan fingerprint density at radius 1 is 1.19 bits per heavy atom. The quantitative estimate of drug-likeness (QED) is 0.838. The summed E-state index contributed by atoms with van der Waals surface area (Å²) in [5.74, 6) is -0.266. The van der Waals surface area contributed by atoms with E-state index in [1.807, 2.05) is 4.90 Å². The third kappa shape index (κ3) is 4.61. The van der Waals surface area contributed by atoms with Crippen LogP contribution in [0.15, 0.2) is 0 Å². The number of piperidine rings is 1. The Balaban J connectivity index is 1.75. The maximum Gasteiger partial charge on any atom is 0.317 e. The predicted molar refractivity (Wildman–Crippen MR) is 81.1 cm³/mol. The predicted octanol–water partition coefficient (Wildman–Crippen LogP) is 2.85. The van der Waals surface area contributed by atoms with Gasteiger partial charge in [-0.25, -0.2) is 4.79 Å². The van der Waals surface area contributed by atoms with Gasteiger partial charge in [0.2, 0.25) is 0 Å². The first-order valence-electron chi connectivity index (χ1n) is 8.38. The third-order valence-electron chi connectivity index (χ3n) is 4.91. The van der Waals surface area contributed by atoms with Gasteiger partial charge in [-0.2, -0.15) is 0 Å². The van der Waals surface area contributed by atoms with Crippen molar-refractivity contribution in [1.82, 2.24) is 10.2 Å². The lowest BCUT2D eigenvalue weighted by Gasteiger charge is -2.35. The molecule has 2 fully saturated rings. The van der Waals surface area contributed by atoms with Crippen molar-refractivity contribution in [1.29, 1.82) is 0 Å². The van der Waals surface area contributed by atoms with Crippen molar-refractivity contribution in [3.05, 3.63) is 0 Å². The summed E-state index contributed by atoms with van der Waals surface area (Å²) in [6.45, 7) is 3.93. The van der Waals surface area contributed by atoms with Gasteiger partial charge in [-0.1, -0.05) is 13.3 Å². The van der Waals surface area contributed by atoms with Crippen LogP contribution >= 0.6 is 0 Å². The maximum atomic E-state index is 12.3. The minimum Gasteiger partial charge on any atom is -0.481 e. The van der Waals surface area contributed by atoms with Gasteiger partial charge in [0.05, 0.1) is 5.92 Å². The van der Waals surface area contributed by atoms with Crippen LogP contribution in [-0.4, -0.2) is 41.1 Å². The van der Waals surface area contributed by atoms with E-state index < -0.39 is 5.97 Å². The summed E-state index contributed by atoms with van der Waals surface area (Å²) in [4.78, 5) is 25.2. The van der Waals surface area contributed by atoms with Crippen LogP contribution < -0.4 is 5.32 Å². The molecule has 0 spiro atoms. The molecule has 1 saturated carbocycles. The molecule has 2 amide bonds. The van der Waals surface area contributed by atoms with Gasteiger partial charge in [0, 0.05) is 19.1 Å². The average Bonchev–Trinajstić information content (AvgIpc) is 2.48. The molecule has 1 saturated heterocycles. The number of carboxylic acid groups (broad SMARTS) is 1. The van der Waals surface area contributed by atoms with Gasteiger partial charge in [0.15, 0.2) is 0 Å². The molecule has 1 heterocycles. The van der Waals surface area contributed by atoms with Crippen molar-refractivity contribution >= 4 is 12.0 Å². The van der Waals surface area contributed by atoms with E-state index in [-0.39, 0.29) is 18.0 Å². The number of carbonyl (C=O) groups is 2. The number of hydrogen-bond acceptors (Lipinski definition) is 2. The summed E-state index contributed by atoms with van der Waals surface area (Å²) in [7, 11) is 0. The fourth-order valence-corrected chi connectivity index (χ4v) is 3.64. The molecule has 2 aliphatic rings. The van der Waals surface area contributed by atoms with Crippen molar-refractivity contribution in [2.75, 3.05) is 13.1 Å². The van der Waals surface area contributed by atoms with Crippen LogP contribution in [0.2, 0.25) is 0 Å². The van der Waals surface area contributed by atoms with Gasteiger partial charge >= 0.3 is 12.0 Å². The molecule has 0 radical (unpaired) electrons.